The number of aromatic nitrogens is 5. The van der Waals surface area contributed by atoms with E-state index in [1.165, 1.54) is 0 Å². The molecule has 6 N–H and O–H groups in total. The molecule has 3 aromatic heterocycles. The fourth-order valence-corrected chi connectivity index (χ4v) is 2.97. The van der Waals surface area contributed by atoms with Crippen LogP contribution in [0.2, 0.25) is 0 Å². The van der Waals surface area contributed by atoms with Crippen LogP contribution in [0.3, 0.4) is 0 Å². The zero-order valence-electron chi connectivity index (χ0n) is 15.3. The van der Waals surface area contributed by atoms with Gasteiger partial charge >= 0.3 is 5.69 Å². The van der Waals surface area contributed by atoms with Crippen LogP contribution in [0.25, 0.3) is 11.7 Å². The van der Waals surface area contributed by atoms with Crippen molar-refractivity contribution in [2.75, 3.05) is 11.1 Å². The van der Waals surface area contributed by atoms with Gasteiger partial charge in [0.25, 0.3) is 0 Å². The number of hydrogen-bond acceptors (Lipinski definition) is 7. The molecule has 0 atom stereocenters. The number of anilines is 3. The molecule has 0 amide bonds. The average Bonchev–Trinajstić information content (AvgIpc) is 3.33. The summed E-state index contributed by atoms with van der Waals surface area (Å²) in [6.45, 7) is 0. The van der Waals surface area contributed by atoms with E-state index >= 15 is 0 Å². The van der Waals surface area contributed by atoms with Gasteiger partial charge in [0, 0.05) is 22.7 Å². The Bertz CT molecular complexity index is 1380. The van der Waals surface area contributed by atoms with Gasteiger partial charge in [0.2, 0.25) is 5.88 Å². The third-order valence-corrected chi connectivity index (χ3v) is 4.56. The molecule has 1 saturated carbocycles. The number of H-pyrrole nitrogens is 2. The standard InChI is InChI=1S/C19H18N8O2/c20-11-1-3-12(4-2-11)22-15-8-16(23-13-5-6-13)27-17(25-15)10(9-21-27)7-14-18(28)26-19(29)24-14/h1-4,7-9,13,22,28H,5-6,20H2,(H2,24,26,29)/b10-7-,23-16?. The van der Waals surface area contributed by atoms with E-state index in [1.807, 2.05) is 18.2 Å². The zero-order valence-corrected chi connectivity index (χ0v) is 15.3. The molecule has 0 unspecified atom stereocenters. The van der Waals surface area contributed by atoms with E-state index < -0.39 is 5.69 Å². The summed E-state index contributed by atoms with van der Waals surface area (Å²) in [4.78, 5) is 25.6. The minimum Gasteiger partial charge on any atom is -0.493 e. The van der Waals surface area contributed by atoms with E-state index in [4.69, 9.17) is 10.7 Å². The Labute approximate surface area is 163 Å². The second-order valence-corrected chi connectivity index (χ2v) is 6.93. The minimum absolute atomic E-state index is 0.242. The fourth-order valence-electron chi connectivity index (χ4n) is 2.97. The summed E-state index contributed by atoms with van der Waals surface area (Å²) in [5.74, 6) is 0.358. The summed E-state index contributed by atoms with van der Waals surface area (Å²) in [6.07, 6.45) is 5.34. The summed E-state index contributed by atoms with van der Waals surface area (Å²) >= 11 is 0. The van der Waals surface area contributed by atoms with Crippen molar-refractivity contribution in [3.05, 3.63) is 63.4 Å². The molecule has 0 spiro atoms. The van der Waals surface area contributed by atoms with Crippen LogP contribution in [0, 0.1) is 0 Å². The Morgan fingerprint density at radius 3 is 2.76 bits per heavy atom. The molecule has 29 heavy (non-hydrogen) atoms. The van der Waals surface area contributed by atoms with Gasteiger partial charge in [0.15, 0.2) is 11.1 Å². The van der Waals surface area contributed by atoms with E-state index in [1.54, 1.807) is 28.9 Å². The number of imidazole rings is 1. The van der Waals surface area contributed by atoms with E-state index in [2.05, 4.69) is 25.4 Å². The van der Waals surface area contributed by atoms with Crippen molar-refractivity contribution < 1.29 is 5.11 Å². The lowest BCUT2D eigenvalue weighted by atomic mass is 10.3. The van der Waals surface area contributed by atoms with Gasteiger partial charge in [-0.1, -0.05) is 0 Å². The topological polar surface area (TPSA) is 149 Å². The number of nitrogen functional groups attached to an aromatic ring is 1. The lowest BCUT2D eigenvalue weighted by Gasteiger charge is -2.06. The highest BCUT2D eigenvalue weighted by Gasteiger charge is 2.20. The maximum atomic E-state index is 11.4. The van der Waals surface area contributed by atoms with E-state index in [9.17, 15) is 9.90 Å². The number of hydrogen-bond donors (Lipinski definition) is 5. The molecule has 0 saturated heterocycles. The van der Waals surface area contributed by atoms with Crippen molar-refractivity contribution in [1.82, 2.24) is 24.6 Å². The summed E-state index contributed by atoms with van der Waals surface area (Å²) in [5, 5.41) is 18.1. The van der Waals surface area contributed by atoms with Crippen LogP contribution < -0.4 is 27.4 Å². The molecule has 10 heteroatoms. The van der Waals surface area contributed by atoms with Crippen LogP contribution in [0.15, 0.2) is 46.3 Å². The zero-order chi connectivity index (χ0) is 20.0. The van der Waals surface area contributed by atoms with Crippen LogP contribution in [-0.2, 0) is 0 Å². The van der Waals surface area contributed by atoms with Crippen LogP contribution in [-0.4, -0.2) is 35.7 Å². The highest BCUT2D eigenvalue weighted by Crippen LogP contribution is 2.22. The Hall–Kier alpha value is -4.08. The number of fused-ring (bicyclic) bond motifs is 1. The number of aromatic amines is 2. The molecule has 1 fully saturated rings. The van der Waals surface area contributed by atoms with Gasteiger partial charge in [0.1, 0.15) is 11.5 Å². The highest BCUT2D eigenvalue weighted by molar-refractivity contribution is 5.62. The van der Waals surface area contributed by atoms with Crippen LogP contribution in [0.1, 0.15) is 18.5 Å². The monoisotopic (exact) mass is 390 g/mol. The summed E-state index contributed by atoms with van der Waals surface area (Å²) in [6, 6.07) is 9.48. The average molecular weight is 390 g/mol. The van der Waals surface area contributed by atoms with Gasteiger partial charge in [-0.05, 0) is 43.2 Å². The molecule has 4 aromatic rings. The van der Waals surface area contributed by atoms with Crippen molar-refractivity contribution in [3.8, 4) is 5.88 Å². The number of nitrogens with two attached hydrogens (primary N) is 1. The van der Waals surface area contributed by atoms with Gasteiger partial charge in [-0.3, -0.25) is 9.98 Å². The fraction of sp³-hybridized carbons (Fsp3) is 0.158. The predicted octanol–water partition coefficient (Wildman–Crippen LogP) is 0.388. The molecular formula is C19H18N8O2. The minimum atomic E-state index is -0.492. The largest absolute Gasteiger partial charge is 0.493 e. The highest BCUT2D eigenvalue weighted by atomic mass is 16.3. The van der Waals surface area contributed by atoms with Crippen molar-refractivity contribution in [3.63, 3.8) is 0 Å². The molecule has 3 heterocycles. The Kier molecular flexibility index (Phi) is 3.83. The number of aromatic hydroxyl groups is 1. The van der Waals surface area contributed by atoms with Gasteiger partial charge in [-0.2, -0.15) is 9.61 Å². The number of rotatable bonds is 4. The molecule has 5 rings (SSSR count). The maximum absolute atomic E-state index is 11.4. The lowest BCUT2D eigenvalue weighted by molar-refractivity contribution is 0.454. The Morgan fingerprint density at radius 1 is 1.28 bits per heavy atom. The third kappa shape index (κ3) is 3.43. The van der Waals surface area contributed by atoms with Crippen molar-refractivity contribution in [2.24, 2.45) is 4.99 Å². The molecule has 146 valence electrons. The molecule has 0 bridgehead atoms. The lowest BCUT2D eigenvalue weighted by Crippen LogP contribution is -2.19. The first-order valence-corrected chi connectivity index (χ1v) is 9.13. The summed E-state index contributed by atoms with van der Waals surface area (Å²) in [5.41, 5.74) is 8.26. The number of nitrogens with one attached hydrogen (secondary N) is 3. The van der Waals surface area contributed by atoms with Crippen LogP contribution in [0.5, 0.6) is 5.88 Å². The van der Waals surface area contributed by atoms with E-state index in [-0.39, 0.29) is 11.6 Å². The van der Waals surface area contributed by atoms with Crippen molar-refractivity contribution in [1.29, 1.82) is 0 Å². The van der Waals surface area contributed by atoms with Crippen molar-refractivity contribution >= 4 is 28.9 Å². The van der Waals surface area contributed by atoms with Crippen molar-refractivity contribution in [2.45, 2.75) is 18.9 Å². The number of benzene rings is 1. The first-order chi connectivity index (χ1) is 14.0. The van der Waals surface area contributed by atoms with Crippen LogP contribution in [0.4, 0.5) is 17.2 Å². The third-order valence-electron chi connectivity index (χ3n) is 4.56. The Morgan fingerprint density at radius 2 is 2.07 bits per heavy atom. The van der Waals surface area contributed by atoms with Gasteiger partial charge in [-0.15, -0.1) is 0 Å². The number of nitrogens with zero attached hydrogens (tertiary/aromatic N) is 4. The quantitative estimate of drug-likeness (QED) is 0.318. The molecular weight excluding hydrogens is 372 g/mol. The molecule has 0 aliphatic heterocycles. The van der Waals surface area contributed by atoms with E-state index in [0.717, 1.165) is 18.5 Å². The normalized spacial score (nSPS) is 15.3. The molecule has 0 radical (unpaired) electrons. The molecule has 1 aliphatic rings. The van der Waals surface area contributed by atoms with Gasteiger partial charge in [-0.25, -0.2) is 9.78 Å². The predicted molar refractivity (Wildman–Crippen MR) is 108 cm³/mol. The smallest absolute Gasteiger partial charge is 0.326 e. The van der Waals surface area contributed by atoms with E-state index in [0.29, 0.717) is 33.9 Å². The summed E-state index contributed by atoms with van der Waals surface area (Å²) < 4.78 is 1.65. The summed E-state index contributed by atoms with van der Waals surface area (Å²) in [7, 11) is 0. The van der Waals surface area contributed by atoms with Gasteiger partial charge in [0.05, 0.1) is 12.2 Å². The van der Waals surface area contributed by atoms with Gasteiger partial charge < -0.3 is 21.1 Å². The Balaban J connectivity index is 1.67. The van der Waals surface area contributed by atoms with Crippen LogP contribution >= 0.6 is 0 Å². The second kappa shape index (κ2) is 6.51. The molecule has 1 aromatic carbocycles. The second-order valence-electron chi connectivity index (χ2n) is 6.93. The molecule has 1 aliphatic carbocycles. The first kappa shape index (κ1) is 17.0. The maximum Gasteiger partial charge on any atom is 0.326 e. The first-order valence-electron chi connectivity index (χ1n) is 9.13. The SMILES string of the molecule is Nc1ccc(Nc2cc(=NC3CC3)n3nc/c(=C/c4[nH]c(=O)[nH]c4O)c3n2)cc1. The molecule has 10 nitrogen and oxygen atoms in total.